The van der Waals surface area contributed by atoms with Crippen molar-refractivity contribution in [2.75, 3.05) is 25.8 Å². The fourth-order valence-corrected chi connectivity index (χ4v) is 6.86. The van der Waals surface area contributed by atoms with Crippen LogP contribution in [0.2, 0.25) is 5.02 Å². The molecule has 0 aromatic heterocycles. The van der Waals surface area contributed by atoms with E-state index in [1.807, 2.05) is 11.0 Å². The van der Waals surface area contributed by atoms with Crippen molar-refractivity contribution in [3.63, 3.8) is 0 Å². The lowest BCUT2D eigenvalue weighted by Crippen LogP contribution is -2.61. The van der Waals surface area contributed by atoms with E-state index in [1.54, 1.807) is 17.0 Å². The van der Waals surface area contributed by atoms with Crippen molar-refractivity contribution in [3.8, 4) is 5.75 Å². The molecular weight excluding hydrogens is 507 g/mol. The Morgan fingerprint density at radius 1 is 1.08 bits per heavy atom. The molecule has 1 aromatic rings. The standard InChI is InChI=1S/C28H44ClN4O3P/c29-26-21(17-30)10-7-13-25(26)36-28(35)32-14-15-33(23(18-32)19-37)27(34)24(16-20-8-3-1-4-9-20)31-22-11-5-2-6-12-22/h7,10,13,20,22-24,31H,1-6,8-9,11-12,14-19,30,37H2/t23-,24+/m0/s1. The van der Waals surface area contributed by atoms with Gasteiger partial charge in [0.15, 0.2) is 5.75 Å². The number of carbonyl (C=O) groups is 2. The van der Waals surface area contributed by atoms with Crippen LogP contribution >= 0.6 is 20.8 Å². The summed E-state index contributed by atoms with van der Waals surface area (Å²) in [5, 5.41) is 4.17. The van der Waals surface area contributed by atoms with Gasteiger partial charge in [-0.15, -0.1) is 9.24 Å². The van der Waals surface area contributed by atoms with E-state index >= 15 is 0 Å². The average molecular weight is 551 g/mol. The summed E-state index contributed by atoms with van der Waals surface area (Å²) < 4.78 is 5.64. The normalized spacial score (nSPS) is 22.6. The van der Waals surface area contributed by atoms with Crippen molar-refractivity contribution in [1.82, 2.24) is 15.1 Å². The van der Waals surface area contributed by atoms with Crippen LogP contribution in [0.15, 0.2) is 18.2 Å². The number of hydrogen-bond acceptors (Lipinski definition) is 5. The van der Waals surface area contributed by atoms with Crippen LogP contribution in [0, 0.1) is 5.92 Å². The van der Waals surface area contributed by atoms with Gasteiger partial charge in [0.1, 0.15) is 0 Å². The first kappa shape index (κ1) is 28.6. The highest BCUT2D eigenvalue weighted by Crippen LogP contribution is 2.31. The lowest BCUT2D eigenvalue weighted by Gasteiger charge is -2.43. The molecular formula is C28H44ClN4O3P. The number of benzene rings is 1. The number of nitrogens with zero attached hydrogens (tertiary/aromatic N) is 2. The molecule has 0 spiro atoms. The van der Waals surface area contributed by atoms with Gasteiger partial charge >= 0.3 is 6.09 Å². The van der Waals surface area contributed by atoms with E-state index < -0.39 is 6.09 Å². The molecule has 4 rings (SSSR count). The maximum atomic E-state index is 14.0. The first-order valence-corrected chi connectivity index (χ1v) is 15.4. The molecule has 3 fully saturated rings. The van der Waals surface area contributed by atoms with E-state index in [0.717, 1.165) is 24.8 Å². The molecule has 9 heteroatoms. The van der Waals surface area contributed by atoms with Crippen molar-refractivity contribution in [3.05, 3.63) is 28.8 Å². The fourth-order valence-electron chi connectivity index (χ4n) is 6.21. The number of rotatable bonds is 8. The van der Waals surface area contributed by atoms with Crippen LogP contribution in [0.4, 0.5) is 4.79 Å². The number of nitrogens with one attached hydrogen (secondary N) is 1. The molecule has 3 N–H and O–H groups in total. The van der Waals surface area contributed by atoms with Gasteiger partial charge in [0.2, 0.25) is 5.91 Å². The summed E-state index contributed by atoms with van der Waals surface area (Å²) in [7, 11) is 2.77. The van der Waals surface area contributed by atoms with Crippen LogP contribution in [-0.4, -0.2) is 65.7 Å². The quantitative estimate of drug-likeness (QED) is 0.447. The first-order chi connectivity index (χ1) is 18.0. The van der Waals surface area contributed by atoms with Crippen molar-refractivity contribution in [1.29, 1.82) is 0 Å². The summed E-state index contributed by atoms with van der Waals surface area (Å²) in [6, 6.07) is 5.52. The highest BCUT2D eigenvalue weighted by Gasteiger charge is 2.37. The van der Waals surface area contributed by atoms with E-state index in [2.05, 4.69) is 14.6 Å². The zero-order valence-electron chi connectivity index (χ0n) is 22.0. The van der Waals surface area contributed by atoms with E-state index in [1.165, 1.54) is 51.4 Å². The molecule has 3 aliphatic rings. The number of amides is 2. The van der Waals surface area contributed by atoms with Gasteiger partial charge in [0, 0.05) is 32.2 Å². The number of ether oxygens (including phenoxy) is 1. The Morgan fingerprint density at radius 3 is 2.46 bits per heavy atom. The molecule has 0 radical (unpaired) electrons. The third-order valence-corrected chi connectivity index (χ3v) is 9.36. The minimum Gasteiger partial charge on any atom is -0.409 e. The molecule has 2 amide bonds. The summed E-state index contributed by atoms with van der Waals surface area (Å²) in [6.07, 6.45) is 13.7. The van der Waals surface area contributed by atoms with Crippen LogP contribution in [0.25, 0.3) is 0 Å². The Balaban J connectivity index is 1.41. The molecule has 0 bridgehead atoms. The Labute approximate surface area is 229 Å². The Morgan fingerprint density at radius 2 is 1.78 bits per heavy atom. The zero-order chi connectivity index (χ0) is 26.2. The third-order valence-electron chi connectivity index (χ3n) is 8.39. The van der Waals surface area contributed by atoms with Gasteiger partial charge in [-0.3, -0.25) is 4.79 Å². The molecule has 2 saturated carbocycles. The summed E-state index contributed by atoms with van der Waals surface area (Å²) >= 11 is 6.37. The number of hydrogen-bond donors (Lipinski definition) is 2. The smallest absolute Gasteiger partial charge is 0.409 e. The van der Waals surface area contributed by atoms with Crippen molar-refractivity contribution >= 4 is 32.8 Å². The second kappa shape index (κ2) is 14.1. The first-order valence-electron chi connectivity index (χ1n) is 14.2. The molecule has 206 valence electrons. The van der Waals surface area contributed by atoms with E-state index in [0.29, 0.717) is 48.5 Å². The molecule has 1 unspecified atom stereocenters. The summed E-state index contributed by atoms with van der Waals surface area (Å²) in [6.45, 7) is 1.68. The van der Waals surface area contributed by atoms with Crippen LogP contribution in [-0.2, 0) is 11.3 Å². The van der Waals surface area contributed by atoms with Crippen LogP contribution in [0.1, 0.15) is 76.2 Å². The third kappa shape index (κ3) is 7.59. The predicted molar refractivity (Wildman–Crippen MR) is 152 cm³/mol. The molecule has 3 atom stereocenters. The summed E-state index contributed by atoms with van der Waals surface area (Å²) in [4.78, 5) is 30.7. The van der Waals surface area contributed by atoms with Crippen molar-refractivity contribution in [2.45, 2.75) is 95.3 Å². The van der Waals surface area contributed by atoms with Crippen molar-refractivity contribution in [2.24, 2.45) is 11.7 Å². The SMILES string of the molecule is NCc1cccc(OC(=O)N2CCN(C(=O)[C@@H](CC3CCCCC3)NC3CCCCC3)[C@H](CP)C2)c1Cl. The number of piperazine rings is 1. The molecule has 1 aliphatic heterocycles. The average Bonchev–Trinajstić information content (AvgIpc) is 2.94. The number of halogens is 1. The largest absolute Gasteiger partial charge is 0.415 e. The molecule has 1 aromatic carbocycles. The fraction of sp³-hybridized carbons (Fsp3) is 0.714. The predicted octanol–water partition coefficient (Wildman–Crippen LogP) is 4.95. The molecule has 2 aliphatic carbocycles. The van der Waals surface area contributed by atoms with E-state index in [-0.39, 0.29) is 24.5 Å². The van der Waals surface area contributed by atoms with Gasteiger partial charge in [-0.2, -0.15) is 0 Å². The minimum absolute atomic E-state index is 0.0633. The molecule has 1 heterocycles. The number of nitrogens with two attached hydrogens (primary N) is 1. The Kier molecular flexibility index (Phi) is 10.9. The van der Waals surface area contributed by atoms with Crippen LogP contribution < -0.4 is 15.8 Å². The zero-order valence-corrected chi connectivity index (χ0v) is 23.9. The van der Waals surface area contributed by atoms with Gasteiger partial charge in [0.05, 0.1) is 17.1 Å². The second-order valence-corrected chi connectivity index (χ2v) is 11.8. The van der Waals surface area contributed by atoms with Gasteiger partial charge in [-0.05, 0) is 43.0 Å². The molecule has 37 heavy (non-hydrogen) atoms. The molecule has 7 nitrogen and oxygen atoms in total. The molecule has 1 saturated heterocycles. The number of carbonyl (C=O) groups excluding carboxylic acids is 2. The van der Waals surface area contributed by atoms with E-state index in [4.69, 9.17) is 22.1 Å². The topological polar surface area (TPSA) is 87.9 Å². The lowest BCUT2D eigenvalue weighted by atomic mass is 9.84. The van der Waals surface area contributed by atoms with Gasteiger partial charge in [-0.1, -0.05) is 75.1 Å². The van der Waals surface area contributed by atoms with Gasteiger partial charge in [-0.25, -0.2) is 4.79 Å². The lowest BCUT2D eigenvalue weighted by molar-refractivity contribution is -0.138. The second-order valence-electron chi connectivity index (χ2n) is 11.0. The Bertz CT molecular complexity index is 887. The van der Waals surface area contributed by atoms with Gasteiger partial charge < -0.3 is 25.6 Å². The van der Waals surface area contributed by atoms with Crippen molar-refractivity contribution < 1.29 is 14.3 Å². The van der Waals surface area contributed by atoms with Crippen LogP contribution in [0.3, 0.4) is 0 Å². The maximum absolute atomic E-state index is 14.0. The van der Waals surface area contributed by atoms with E-state index in [9.17, 15) is 9.59 Å². The highest BCUT2D eigenvalue weighted by atomic mass is 35.5. The summed E-state index contributed by atoms with van der Waals surface area (Å²) in [5.74, 6) is 1.15. The van der Waals surface area contributed by atoms with Gasteiger partial charge in [0.25, 0.3) is 0 Å². The minimum atomic E-state index is -0.439. The summed E-state index contributed by atoms with van der Waals surface area (Å²) in [5.41, 5.74) is 6.47. The van der Waals surface area contributed by atoms with Crippen LogP contribution in [0.5, 0.6) is 5.75 Å². The monoisotopic (exact) mass is 550 g/mol. The highest BCUT2D eigenvalue weighted by molar-refractivity contribution is 7.16. The maximum Gasteiger partial charge on any atom is 0.415 e. The Hall–Kier alpha value is -1.40.